The molecule has 0 unspecified atom stereocenters. The van der Waals surface area contributed by atoms with Gasteiger partial charge in [-0.15, -0.1) is 0 Å². The summed E-state index contributed by atoms with van der Waals surface area (Å²) in [5, 5.41) is 0. The zero-order valence-corrected chi connectivity index (χ0v) is 11.4. The van der Waals surface area contributed by atoms with Gasteiger partial charge in [0.15, 0.2) is 0 Å². The number of nitrogens with zero attached hydrogens (tertiary/aromatic N) is 1. The third kappa shape index (κ3) is 2.85. The molecule has 0 saturated heterocycles. The van der Waals surface area contributed by atoms with Crippen molar-refractivity contribution in [2.24, 2.45) is 5.92 Å². The number of hydrogen-bond acceptors (Lipinski definition) is 3. The highest BCUT2D eigenvalue weighted by molar-refractivity contribution is 5.86. The number of methoxy groups -OCH3 is 1. The maximum Gasteiger partial charge on any atom is 0.328 e. The highest BCUT2D eigenvalue weighted by Crippen LogP contribution is 2.33. The van der Waals surface area contributed by atoms with Gasteiger partial charge in [-0.2, -0.15) is 0 Å². The van der Waals surface area contributed by atoms with Crippen molar-refractivity contribution >= 4 is 11.9 Å². The molecule has 0 aromatic carbocycles. The van der Waals surface area contributed by atoms with Crippen LogP contribution in [0.1, 0.15) is 51.9 Å². The molecular weight excluding hydrogens is 230 g/mol. The van der Waals surface area contributed by atoms with Crippen molar-refractivity contribution in [3.63, 3.8) is 0 Å². The highest BCUT2D eigenvalue weighted by Gasteiger charge is 2.41. The molecule has 102 valence electrons. The maximum absolute atomic E-state index is 12.6. The molecule has 18 heavy (non-hydrogen) atoms. The van der Waals surface area contributed by atoms with Gasteiger partial charge in [-0.05, 0) is 32.6 Å². The van der Waals surface area contributed by atoms with Crippen molar-refractivity contribution in [3.05, 3.63) is 0 Å². The molecule has 0 aliphatic heterocycles. The first-order chi connectivity index (χ1) is 8.65. The van der Waals surface area contributed by atoms with Crippen molar-refractivity contribution in [2.75, 3.05) is 7.11 Å². The van der Waals surface area contributed by atoms with E-state index in [1.54, 1.807) is 11.8 Å². The smallest absolute Gasteiger partial charge is 0.328 e. The summed E-state index contributed by atoms with van der Waals surface area (Å²) in [5.41, 5.74) is 0. The van der Waals surface area contributed by atoms with Crippen LogP contribution in [0.15, 0.2) is 0 Å². The van der Waals surface area contributed by atoms with Gasteiger partial charge in [0.25, 0.3) is 0 Å². The summed E-state index contributed by atoms with van der Waals surface area (Å²) in [6.45, 7) is 1.78. The first-order valence-corrected chi connectivity index (χ1v) is 7.05. The molecule has 0 aromatic rings. The summed E-state index contributed by atoms with van der Waals surface area (Å²) in [6, 6.07) is -0.162. The van der Waals surface area contributed by atoms with E-state index < -0.39 is 6.04 Å². The van der Waals surface area contributed by atoms with Crippen LogP contribution in [-0.2, 0) is 14.3 Å². The number of esters is 1. The zero-order valence-electron chi connectivity index (χ0n) is 11.4. The average molecular weight is 253 g/mol. The van der Waals surface area contributed by atoms with Gasteiger partial charge in [0.2, 0.25) is 5.91 Å². The Morgan fingerprint density at radius 2 is 1.72 bits per heavy atom. The predicted octanol–water partition coefficient (Wildman–Crippen LogP) is 2.12. The van der Waals surface area contributed by atoms with E-state index in [2.05, 4.69) is 0 Å². The molecule has 0 heterocycles. The minimum atomic E-state index is -0.433. The monoisotopic (exact) mass is 253 g/mol. The van der Waals surface area contributed by atoms with Crippen molar-refractivity contribution in [3.8, 4) is 0 Å². The largest absolute Gasteiger partial charge is 0.467 e. The van der Waals surface area contributed by atoms with E-state index in [0.29, 0.717) is 0 Å². The molecule has 2 fully saturated rings. The van der Waals surface area contributed by atoms with Crippen LogP contribution in [0.25, 0.3) is 0 Å². The number of carbonyl (C=O) groups is 2. The standard InChI is InChI=1S/C14H23NO3/c1-10(14(17)18-2)15(12-8-9-12)13(16)11-6-4-3-5-7-11/h10-12H,3-9H2,1-2H3/t10-/m0/s1. The molecule has 0 N–H and O–H groups in total. The highest BCUT2D eigenvalue weighted by atomic mass is 16.5. The first kappa shape index (κ1) is 13.4. The molecule has 4 heteroatoms. The van der Waals surface area contributed by atoms with E-state index >= 15 is 0 Å². The maximum atomic E-state index is 12.6. The van der Waals surface area contributed by atoms with E-state index in [1.165, 1.54) is 13.5 Å². The van der Waals surface area contributed by atoms with E-state index in [9.17, 15) is 9.59 Å². The van der Waals surface area contributed by atoms with Gasteiger partial charge in [0.05, 0.1) is 7.11 Å². The summed E-state index contributed by atoms with van der Waals surface area (Å²) in [7, 11) is 1.38. The molecule has 2 aliphatic carbocycles. The van der Waals surface area contributed by atoms with Crippen molar-refractivity contribution in [1.29, 1.82) is 0 Å². The van der Waals surface area contributed by atoms with Gasteiger partial charge in [-0.1, -0.05) is 19.3 Å². The molecule has 0 aromatic heterocycles. The van der Waals surface area contributed by atoms with Crippen LogP contribution in [0.5, 0.6) is 0 Å². The molecule has 1 amide bonds. The second-order valence-corrected chi connectivity index (χ2v) is 5.51. The van der Waals surface area contributed by atoms with Crippen molar-refractivity contribution < 1.29 is 14.3 Å². The van der Waals surface area contributed by atoms with Crippen LogP contribution in [0, 0.1) is 5.92 Å². The fraction of sp³-hybridized carbons (Fsp3) is 0.857. The van der Waals surface area contributed by atoms with Crippen LogP contribution >= 0.6 is 0 Å². The van der Waals surface area contributed by atoms with Crippen molar-refractivity contribution in [1.82, 2.24) is 4.90 Å². The SMILES string of the molecule is COC(=O)[C@H](C)N(C(=O)C1CCCCC1)C1CC1. The molecule has 2 rings (SSSR count). The number of carbonyl (C=O) groups excluding carboxylic acids is 2. The van der Waals surface area contributed by atoms with E-state index in [-0.39, 0.29) is 23.8 Å². The Hall–Kier alpha value is -1.06. The summed E-state index contributed by atoms with van der Waals surface area (Å²) in [4.78, 5) is 26.0. The van der Waals surface area contributed by atoms with Crippen LogP contribution in [-0.4, -0.2) is 36.0 Å². The Bertz CT molecular complexity index is 319. The topological polar surface area (TPSA) is 46.6 Å². The minimum Gasteiger partial charge on any atom is -0.467 e. The molecule has 2 aliphatic rings. The van der Waals surface area contributed by atoms with Crippen molar-refractivity contribution in [2.45, 2.75) is 64.0 Å². The number of amides is 1. The minimum absolute atomic E-state index is 0.131. The second kappa shape index (κ2) is 5.72. The Morgan fingerprint density at radius 1 is 1.11 bits per heavy atom. The van der Waals surface area contributed by atoms with Gasteiger partial charge in [-0.3, -0.25) is 4.79 Å². The lowest BCUT2D eigenvalue weighted by atomic mass is 9.88. The number of rotatable bonds is 4. The fourth-order valence-electron chi connectivity index (χ4n) is 2.88. The molecule has 4 nitrogen and oxygen atoms in total. The second-order valence-electron chi connectivity index (χ2n) is 5.51. The number of hydrogen-bond donors (Lipinski definition) is 0. The van der Waals surface area contributed by atoms with E-state index in [4.69, 9.17) is 4.74 Å². The third-order valence-electron chi connectivity index (χ3n) is 4.11. The lowest BCUT2D eigenvalue weighted by molar-refractivity contribution is -0.154. The van der Waals surface area contributed by atoms with Gasteiger partial charge in [0.1, 0.15) is 6.04 Å². The Labute approximate surface area is 109 Å². The third-order valence-corrected chi connectivity index (χ3v) is 4.11. The summed E-state index contributed by atoms with van der Waals surface area (Å²) >= 11 is 0. The average Bonchev–Trinajstić information content (AvgIpc) is 3.23. The van der Waals surface area contributed by atoms with Gasteiger partial charge in [-0.25, -0.2) is 4.79 Å². The van der Waals surface area contributed by atoms with Crippen LogP contribution in [0.4, 0.5) is 0 Å². The fourth-order valence-corrected chi connectivity index (χ4v) is 2.88. The zero-order chi connectivity index (χ0) is 13.1. The molecular formula is C14H23NO3. The molecule has 2 saturated carbocycles. The number of ether oxygens (including phenoxy) is 1. The molecule has 0 radical (unpaired) electrons. The predicted molar refractivity (Wildman–Crippen MR) is 67.9 cm³/mol. The normalized spacial score (nSPS) is 22.3. The Morgan fingerprint density at radius 3 is 2.22 bits per heavy atom. The summed E-state index contributed by atoms with van der Waals surface area (Å²) in [6.07, 6.45) is 7.54. The van der Waals surface area contributed by atoms with Gasteiger partial charge >= 0.3 is 5.97 Å². The van der Waals surface area contributed by atoms with E-state index in [1.807, 2.05) is 0 Å². The molecule has 0 spiro atoms. The van der Waals surface area contributed by atoms with Crippen LogP contribution < -0.4 is 0 Å². The van der Waals surface area contributed by atoms with E-state index in [0.717, 1.165) is 38.5 Å². The van der Waals surface area contributed by atoms with Gasteiger partial charge < -0.3 is 9.64 Å². The van der Waals surface area contributed by atoms with Crippen LogP contribution in [0.3, 0.4) is 0 Å². The lowest BCUT2D eigenvalue weighted by Gasteiger charge is -2.32. The van der Waals surface area contributed by atoms with Crippen LogP contribution in [0.2, 0.25) is 0 Å². The summed E-state index contributed by atoms with van der Waals surface area (Å²) in [5.74, 6) is 0.00705. The molecule has 0 bridgehead atoms. The Kier molecular flexibility index (Phi) is 4.25. The summed E-state index contributed by atoms with van der Waals surface area (Å²) < 4.78 is 4.78. The first-order valence-electron chi connectivity index (χ1n) is 7.05. The molecule has 1 atom stereocenters. The Balaban J connectivity index is 2.04. The quantitative estimate of drug-likeness (QED) is 0.721. The van der Waals surface area contributed by atoms with Gasteiger partial charge in [0, 0.05) is 12.0 Å². The lowest BCUT2D eigenvalue weighted by Crippen LogP contribution is -2.48.